The number of amides is 1. The van der Waals surface area contributed by atoms with E-state index in [4.69, 9.17) is 0 Å². The lowest BCUT2D eigenvalue weighted by Gasteiger charge is -2.09. The quantitative estimate of drug-likeness (QED) is 0.793. The second-order valence-electron chi connectivity index (χ2n) is 3.96. The second kappa shape index (κ2) is 5.59. The molecule has 0 unspecified atom stereocenters. The smallest absolute Gasteiger partial charge is 0.255 e. The molecule has 0 saturated carbocycles. The Morgan fingerprint density at radius 1 is 1.22 bits per heavy atom. The lowest BCUT2D eigenvalue weighted by atomic mass is 10.1. The van der Waals surface area contributed by atoms with Crippen molar-refractivity contribution < 1.29 is 4.79 Å². The fourth-order valence-electron chi connectivity index (χ4n) is 1.61. The molecule has 18 heavy (non-hydrogen) atoms. The highest BCUT2D eigenvalue weighted by Crippen LogP contribution is 2.21. The van der Waals surface area contributed by atoms with Crippen molar-refractivity contribution >= 4 is 40.2 Å². The number of carbonyl (C=O) groups is 1. The fourth-order valence-corrected chi connectivity index (χ4v) is 2.31. The van der Waals surface area contributed by atoms with Gasteiger partial charge in [0.2, 0.25) is 0 Å². The van der Waals surface area contributed by atoms with Crippen molar-refractivity contribution in [3.05, 3.63) is 58.1 Å². The average Bonchev–Trinajstić information content (AvgIpc) is 2.32. The maximum atomic E-state index is 12.0. The number of thiol groups is 1. The van der Waals surface area contributed by atoms with Crippen LogP contribution in [0.1, 0.15) is 15.9 Å². The van der Waals surface area contributed by atoms with Crippen molar-refractivity contribution in [1.29, 1.82) is 0 Å². The van der Waals surface area contributed by atoms with Gasteiger partial charge in [-0.25, -0.2) is 0 Å². The van der Waals surface area contributed by atoms with E-state index in [9.17, 15) is 4.79 Å². The Balaban J connectivity index is 2.21. The SMILES string of the molecule is Cc1cc(Br)ccc1NC(=O)c1cccc(S)c1. The maximum Gasteiger partial charge on any atom is 0.255 e. The second-order valence-corrected chi connectivity index (χ2v) is 5.40. The van der Waals surface area contributed by atoms with Gasteiger partial charge in [-0.05, 0) is 48.9 Å². The maximum absolute atomic E-state index is 12.0. The molecular weight excluding hydrogens is 310 g/mol. The molecule has 0 fully saturated rings. The first-order valence-electron chi connectivity index (χ1n) is 5.43. The van der Waals surface area contributed by atoms with E-state index in [-0.39, 0.29) is 5.91 Å². The van der Waals surface area contributed by atoms with Gasteiger partial charge in [-0.15, -0.1) is 12.6 Å². The molecule has 0 heterocycles. The third-order valence-corrected chi connectivity index (χ3v) is 3.32. The van der Waals surface area contributed by atoms with Crippen LogP contribution >= 0.6 is 28.6 Å². The number of halogens is 1. The zero-order valence-corrected chi connectivity index (χ0v) is 12.3. The van der Waals surface area contributed by atoms with Crippen LogP contribution < -0.4 is 5.32 Å². The number of carbonyl (C=O) groups excluding carboxylic acids is 1. The number of rotatable bonds is 2. The molecule has 1 amide bonds. The predicted octanol–water partition coefficient (Wildman–Crippen LogP) is 4.30. The summed E-state index contributed by atoms with van der Waals surface area (Å²) in [6.45, 7) is 1.95. The number of anilines is 1. The van der Waals surface area contributed by atoms with Gasteiger partial charge in [-0.1, -0.05) is 22.0 Å². The Kier molecular flexibility index (Phi) is 4.09. The summed E-state index contributed by atoms with van der Waals surface area (Å²) >= 11 is 7.62. The standard InChI is InChI=1S/C14H12BrNOS/c1-9-7-11(15)5-6-13(9)16-14(17)10-3-2-4-12(18)8-10/h2-8,18H,1H3,(H,16,17). The molecule has 0 aliphatic carbocycles. The molecule has 2 aromatic carbocycles. The third-order valence-electron chi connectivity index (χ3n) is 2.54. The molecule has 0 bridgehead atoms. The normalized spacial score (nSPS) is 10.2. The molecule has 1 N–H and O–H groups in total. The Labute approximate surface area is 120 Å². The summed E-state index contributed by atoms with van der Waals surface area (Å²) in [5, 5.41) is 2.89. The van der Waals surface area contributed by atoms with Crippen molar-refractivity contribution in [1.82, 2.24) is 0 Å². The van der Waals surface area contributed by atoms with Crippen LogP contribution in [-0.2, 0) is 0 Å². The Morgan fingerprint density at radius 3 is 2.67 bits per heavy atom. The summed E-state index contributed by atoms with van der Waals surface area (Å²) in [4.78, 5) is 12.8. The Morgan fingerprint density at radius 2 is 2.00 bits per heavy atom. The van der Waals surface area contributed by atoms with Gasteiger partial charge < -0.3 is 5.32 Å². The molecule has 0 aromatic heterocycles. The first-order valence-corrected chi connectivity index (χ1v) is 6.67. The summed E-state index contributed by atoms with van der Waals surface area (Å²) < 4.78 is 0.996. The summed E-state index contributed by atoms with van der Waals surface area (Å²) in [5.74, 6) is -0.128. The van der Waals surface area contributed by atoms with Crippen LogP contribution in [0.25, 0.3) is 0 Å². The molecular formula is C14H12BrNOS. The lowest BCUT2D eigenvalue weighted by Crippen LogP contribution is -2.12. The highest BCUT2D eigenvalue weighted by Gasteiger charge is 2.07. The first kappa shape index (κ1) is 13.2. The highest BCUT2D eigenvalue weighted by atomic mass is 79.9. The van der Waals surface area contributed by atoms with Crippen LogP contribution in [-0.4, -0.2) is 5.91 Å². The minimum Gasteiger partial charge on any atom is -0.322 e. The van der Waals surface area contributed by atoms with Crippen LogP contribution in [0.2, 0.25) is 0 Å². The van der Waals surface area contributed by atoms with Crippen LogP contribution in [0, 0.1) is 6.92 Å². The molecule has 2 nitrogen and oxygen atoms in total. The minimum absolute atomic E-state index is 0.128. The van der Waals surface area contributed by atoms with Gasteiger partial charge in [0.1, 0.15) is 0 Å². The van der Waals surface area contributed by atoms with E-state index in [1.165, 1.54) is 0 Å². The van der Waals surface area contributed by atoms with E-state index in [0.29, 0.717) is 5.56 Å². The van der Waals surface area contributed by atoms with E-state index in [2.05, 4.69) is 33.9 Å². The molecule has 0 radical (unpaired) electrons. The topological polar surface area (TPSA) is 29.1 Å². The molecule has 0 aliphatic rings. The average molecular weight is 322 g/mol. The number of hydrogen-bond donors (Lipinski definition) is 2. The molecule has 2 rings (SSSR count). The number of nitrogens with one attached hydrogen (secondary N) is 1. The van der Waals surface area contributed by atoms with Gasteiger partial charge >= 0.3 is 0 Å². The minimum atomic E-state index is -0.128. The zero-order valence-electron chi connectivity index (χ0n) is 9.77. The van der Waals surface area contributed by atoms with Crippen LogP contribution in [0.15, 0.2) is 51.8 Å². The van der Waals surface area contributed by atoms with E-state index < -0.39 is 0 Å². The van der Waals surface area contributed by atoms with E-state index >= 15 is 0 Å². The van der Waals surface area contributed by atoms with Crippen LogP contribution in [0.4, 0.5) is 5.69 Å². The molecule has 4 heteroatoms. The van der Waals surface area contributed by atoms with Crippen LogP contribution in [0.5, 0.6) is 0 Å². The number of benzene rings is 2. The first-order chi connectivity index (χ1) is 8.56. The van der Waals surface area contributed by atoms with Crippen molar-refractivity contribution in [2.45, 2.75) is 11.8 Å². The molecule has 2 aromatic rings. The monoisotopic (exact) mass is 321 g/mol. The van der Waals surface area contributed by atoms with Crippen molar-refractivity contribution in [3.63, 3.8) is 0 Å². The zero-order chi connectivity index (χ0) is 13.1. The van der Waals surface area contributed by atoms with E-state index in [1.807, 2.05) is 37.3 Å². The van der Waals surface area contributed by atoms with E-state index in [0.717, 1.165) is 20.6 Å². The number of hydrogen-bond acceptors (Lipinski definition) is 2. The fraction of sp³-hybridized carbons (Fsp3) is 0.0714. The van der Waals surface area contributed by atoms with Gasteiger partial charge in [0.15, 0.2) is 0 Å². The van der Waals surface area contributed by atoms with Crippen molar-refractivity contribution in [3.8, 4) is 0 Å². The summed E-state index contributed by atoms with van der Waals surface area (Å²) in [6, 6.07) is 12.9. The molecule has 0 atom stereocenters. The Bertz CT molecular complexity index is 598. The van der Waals surface area contributed by atoms with Gasteiger partial charge in [0.25, 0.3) is 5.91 Å². The lowest BCUT2D eigenvalue weighted by molar-refractivity contribution is 0.102. The predicted molar refractivity (Wildman–Crippen MR) is 80.5 cm³/mol. The third kappa shape index (κ3) is 3.15. The summed E-state index contributed by atoms with van der Waals surface area (Å²) in [5.41, 5.74) is 2.43. The van der Waals surface area contributed by atoms with Crippen molar-refractivity contribution in [2.75, 3.05) is 5.32 Å². The van der Waals surface area contributed by atoms with Crippen LogP contribution in [0.3, 0.4) is 0 Å². The molecule has 0 spiro atoms. The Hall–Kier alpha value is -1.26. The van der Waals surface area contributed by atoms with Gasteiger partial charge in [0.05, 0.1) is 0 Å². The largest absolute Gasteiger partial charge is 0.322 e. The number of aryl methyl sites for hydroxylation is 1. The summed E-state index contributed by atoms with van der Waals surface area (Å²) in [6.07, 6.45) is 0. The van der Waals surface area contributed by atoms with Crippen molar-refractivity contribution in [2.24, 2.45) is 0 Å². The molecule has 0 aliphatic heterocycles. The van der Waals surface area contributed by atoms with Gasteiger partial charge in [-0.3, -0.25) is 4.79 Å². The van der Waals surface area contributed by atoms with Gasteiger partial charge in [-0.2, -0.15) is 0 Å². The van der Waals surface area contributed by atoms with E-state index in [1.54, 1.807) is 12.1 Å². The molecule has 0 saturated heterocycles. The molecule has 92 valence electrons. The van der Waals surface area contributed by atoms with Gasteiger partial charge in [0, 0.05) is 20.6 Å². The highest BCUT2D eigenvalue weighted by molar-refractivity contribution is 9.10. The summed E-state index contributed by atoms with van der Waals surface area (Å²) in [7, 11) is 0.